The van der Waals surface area contributed by atoms with Gasteiger partial charge in [-0.3, -0.25) is 4.79 Å². The van der Waals surface area contributed by atoms with Crippen LogP contribution in [0.3, 0.4) is 0 Å². The molecule has 82 valence electrons. The van der Waals surface area contributed by atoms with E-state index < -0.39 is 0 Å². The molecule has 4 heteroatoms. The lowest BCUT2D eigenvalue weighted by atomic mass is 10.3. The third kappa shape index (κ3) is 5.94. The summed E-state index contributed by atoms with van der Waals surface area (Å²) in [5.41, 5.74) is 0. The molecular formula is C10H20N2O2. The van der Waals surface area contributed by atoms with Gasteiger partial charge in [0, 0.05) is 13.7 Å². The molecule has 0 heterocycles. The Balaban J connectivity index is 1.81. The van der Waals surface area contributed by atoms with Gasteiger partial charge >= 0.3 is 0 Å². The quantitative estimate of drug-likeness (QED) is 0.548. The van der Waals surface area contributed by atoms with Gasteiger partial charge in [-0.1, -0.05) is 12.8 Å². The summed E-state index contributed by atoms with van der Waals surface area (Å²) >= 11 is 0. The lowest BCUT2D eigenvalue weighted by Gasteiger charge is -2.05. The molecule has 0 aliphatic heterocycles. The molecule has 0 aromatic rings. The molecule has 1 saturated carbocycles. The fourth-order valence-corrected chi connectivity index (χ4v) is 1.27. The summed E-state index contributed by atoms with van der Waals surface area (Å²) in [6, 6.07) is 0. The minimum Gasteiger partial charge on any atom is -0.383 e. The van der Waals surface area contributed by atoms with Crippen LogP contribution in [0.15, 0.2) is 0 Å². The summed E-state index contributed by atoms with van der Waals surface area (Å²) in [4.78, 5) is 11.1. The molecule has 1 aliphatic rings. The summed E-state index contributed by atoms with van der Waals surface area (Å²) < 4.78 is 4.82. The van der Waals surface area contributed by atoms with Crippen LogP contribution in [-0.4, -0.2) is 39.3 Å². The van der Waals surface area contributed by atoms with Crippen molar-refractivity contribution >= 4 is 5.91 Å². The van der Waals surface area contributed by atoms with Crippen LogP contribution in [0.5, 0.6) is 0 Å². The van der Waals surface area contributed by atoms with Gasteiger partial charge in [0.1, 0.15) is 0 Å². The topological polar surface area (TPSA) is 50.4 Å². The second-order valence-electron chi connectivity index (χ2n) is 3.75. The fraction of sp³-hybridized carbons (Fsp3) is 0.900. The first-order valence-electron chi connectivity index (χ1n) is 5.29. The number of hydrogen-bond acceptors (Lipinski definition) is 3. The lowest BCUT2D eigenvalue weighted by Crippen LogP contribution is -2.35. The zero-order valence-corrected chi connectivity index (χ0v) is 8.84. The molecule has 0 unspecified atom stereocenters. The highest BCUT2D eigenvalue weighted by molar-refractivity contribution is 5.77. The van der Waals surface area contributed by atoms with E-state index in [1.165, 1.54) is 19.3 Å². The van der Waals surface area contributed by atoms with E-state index in [1.807, 2.05) is 0 Å². The van der Waals surface area contributed by atoms with Gasteiger partial charge in [0.25, 0.3) is 0 Å². The maximum absolute atomic E-state index is 11.1. The minimum atomic E-state index is 0.0536. The maximum atomic E-state index is 11.1. The van der Waals surface area contributed by atoms with E-state index in [9.17, 15) is 4.79 Å². The number of carbonyl (C=O) groups excluding carboxylic acids is 1. The summed E-state index contributed by atoms with van der Waals surface area (Å²) in [6.07, 6.45) is 3.97. The molecule has 0 radical (unpaired) electrons. The van der Waals surface area contributed by atoms with E-state index in [2.05, 4.69) is 10.6 Å². The predicted molar refractivity (Wildman–Crippen MR) is 55.1 cm³/mol. The van der Waals surface area contributed by atoms with Gasteiger partial charge in [-0.25, -0.2) is 0 Å². The highest BCUT2D eigenvalue weighted by atomic mass is 16.5. The van der Waals surface area contributed by atoms with Gasteiger partial charge in [0.05, 0.1) is 13.2 Å². The van der Waals surface area contributed by atoms with Crippen molar-refractivity contribution in [2.75, 3.05) is 33.4 Å². The summed E-state index contributed by atoms with van der Waals surface area (Å²) in [7, 11) is 1.63. The van der Waals surface area contributed by atoms with Crippen molar-refractivity contribution < 1.29 is 9.53 Å². The molecule has 0 aromatic carbocycles. The Bertz CT molecular complexity index is 170. The Hall–Kier alpha value is -0.610. The minimum absolute atomic E-state index is 0.0536. The first kappa shape index (κ1) is 11.5. The van der Waals surface area contributed by atoms with Crippen LogP contribution < -0.4 is 10.6 Å². The average Bonchev–Trinajstić information content (AvgIpc) is 2.97. The van der Waals surface area contributed by atoms with Crippen molar-refractivity contribution in [2.45, 2.75) is 19.3 Å². The Morgan fingerprint density at radius 3 is 2.86 bits per heavy atom. The first-order valence-corrected chi connectivity index (χ1v) is 5.29. The van der Waals surface area contributed by atoms with E-state index in [0.717, 1.165) is 12.5 Å². The van der Waals surface area contributed by atoms with Crippen molar-refractivity contribution in [1.29, 1.82) is 0 Å². The standard InChI is InChI=1S/C10H20N2O2/c1-14-7-6-12-10(13)8-11-5-4-9-2-3-9/h9,11H,2-8H2,1H3,(H,12,13). The van der Waals surface area contributed by atoms with Crippen molar-refractivity contribution in [3.63, 3.8) is 0 Å². The highest BCUT2D eigenvalue weighted by Crippen LogP contribution is 2.31. The predicted octanol–water partition coefficient (Wildman–Crippen LogP) is 0.139. The van der Waals surface area contributed by atoms with Gasteiger partial charge in [-0.2, -0.15) is 0 Å². The molecular weight excluding hydrogens is 180 g/mol. The Morgan fingerprint density at radius 1 is 1.43 bits per heavy atom. The molecule has 0 spiro atoms. The Labute approximate surface area is 85.4 Å². The van der Waals surface area contributed by atoms with Crippen molar-refractivity contribution in [3.8, 4) is 0 Å². The van der Waals surface area contributed by atoms with Gasteiger partial charge < -0.3 is 15.4 Å². The van der Waals surface area contributed by atoms with Crippen molar-refractivity contribution in [1.82, 2.24) is 10.6 Å². The molecule has 4 nitrogen and oxygen atoms in total. The second kappa shape index (κ2) is 6.79. The first-order chi connectivity index (χ1) is 6.83. The molecule has 1 aliphatic carbocycles. The van der Waals surface area contributed by atoms with Crippen molar-refractivity contribution in [2.24, 2.45) is 5.92 Å². The molecule has 1 fully saturated rings. The normalized spacial score (nSPS) is 15.5. The van der Waals surface area contributed by atoms with Crippen LogP contribution in [0.2, 0.25) is 0 Å². The number of amides is 1. The van der Waals surface area contributed by atoms with Crippen LogP contribution in [0, 0.1) is 5.92 Å². The molecule has 1 amide bonds. The Morgan fingerprint density at radius 2 is 2.21 bits per heavy atom. The third-order valence-electron chi connectivity index (χ3n) is 2.34. The van der Waals surface area contributed by atoms with E-state index >= 15 is 0 Å². The highest BCUT2D eigenvalue weighted by Gasteiger charge is 2.19. The van der Waals surface area contributed by atoms with Crippen LogP contribution in [-0.2, 0) is 9.53 Å². The van der Waals surface area contributed by atoms with E-state index in [1.54, 1.807) is 7.11 Å². The zero-order chi connectivity index (χ0) is 10.2. The van der Waals surface area contributed by atoms with E-state index in [0.29, 0.717) is 19.7 Å². The number of hydrogen-bond donors (Lipinski definition) is 2. The summed E-state index contributed by atoms with van der Waals surface area (Å²) in [5.74, 6) is 0.983. The van der Waals surface area contributed by atoms with Gasteiger partial charge in [0.15, 0.2) is 0 Å². The summed E-state index contributed by atoms with van der Waals surface area (Å²) in [6.45, 7) is 2.56. The third-order valence-corrected chi connectivity index (χ3v) is 2.34. The molecule has 14 heavy (non-hydrogen) atoms. The lowest BCUT2D eigenvalue weighted by molar-refractivity contribution is -0.120. The smallest absolute Gasteiger partial charge is 0.234 e. The van der Waals surface area contributed by atoms with Crippen LogP contribution in [0.25, 0.3) is 0 Å². The average molecular weight is 200 g/mol. The number of ether oxygens (including phenoxy) is 1. The SMILES string of the molecule is COCCNC(=O)CNCCC1CC1. The van der Waals surface area contributed by atoms with Crippen LogP contribution in [0.1, 0.15) is 19.3 Å². The largest absolute Gasteiger partial charge is 0.383 e. The second-order valence-corrected chi connectivity index (χ2v) is 3.75. The van der Waals surface area contributed by atoms with Gasteiger partial charge in [0.2, 0.25) is 5.91 Å². The molecule has 0 atom stereocenters. The van der Waals surface area contributed by atoms with Crippen molar-refractivity contribution in [3.05, 3.63) is 0 Å². The molecule has 0 bridgehead atoms. The number of carbonyl (C=O) groups is 1. The van der Waals surface area contributed by atoms with Crippen LogP contribution >= 0.6 is 0 Å². The zero-order valence-electron chi connectivity index (χ0n) is 8.84. The molecule has 0 saturated heterocycles. The molecule has 0 aromatic heterocycles. The maximum Gasteiger partial charge on any atom is 0.234 e. The number of rotatable bonds is 8. The van der Waals surface area contributed by atoms with E-state index in [4.69, 9.17) is 4.74 Å². The van der Waals surface area contributed by atoms with E-state index in [-0.39, 0.29) is 5.91 Å². The number of nitrogens with one attached hydrogen (secondary N) is 2. The molecule has 2 N–H and O–H groups in total. The monoisotopic (exact) mass is 200 g/mol. The summed E-state index contributed by atoms with van der Waals surface area (Å²) in [5, 5.41) is 5.89. The molecule has 1 rings (SSSR count). The van der Waals surface area contributed by atoms with Gasteiger partial charge in [-0.05, 0) is 18.9 Å². The van der Waals surface area contributed by atoms with Gasteiger partial charge in [-0.15, -0.1) is 0 Å². The number of methoxy groups -OCH3 is 1. The fourth-order valence-electron chi connectivity index (χ4n) is 1.27. The van der Waals surface area contributed by atoms with Crippen LogP contribution in [0.4, 0.5) is 0 Å². The Kier molecular flexibility index (Phi) is 5.56.